The van der Waals surface area contributed by atoms with Gasteiger partial charge in [-0.1, -0.05) is 19.1 Å². The molecule has 0 aliphatic rings. The van der Waals surface area contributed by atoms with Crippen molar-refractivity contribution >= 4 is 11.6 Å². The van der Waals surface area contributed by atoms with Gasteiger partial charge in [-0.05, 0) is 43.2 Å². The maximum Gasteiger partial charge on any atom is 0.241 e. The summed E-state index contributed by atoms with van der Waals surface area (Å²) in [6.45, 7) is 3.57. The van der Waals surface area contributed by atoms with Gasteiger partial charge in [0.05, 0.1) is 18.8 Å². The Morgan fingerprint density at radius 2 is 1.73 bits per heavy atom. The molecule has 2 N–H and O–H groups in total. The number of anilines is 1. The number of carbonyl (C=O) groups is 1. The molecule has 0 saturated carbocycles. The molecule has 2 aromatic carbocycles. The van der Waals surface area contributed by atoms with Crippen molar-refractivity contribution in [2.45, 2.75) is 32.4 Å². The van der Waals surface area contributed by atoms with Crippen LogP contribution in [0.25, 0.3) is 0 Å². The van der Waals surface area contributed by atoms with E-state index in [0.29, 0.717) is 6.42 Å². The van der Waals surface area contributed by atoms with Crippen molar-refractivity contribution in [1.29, 1.82) is 0 Å². The Balaban J connectivity index is 2.06. The number of ether oxygens (including phenoxy) is 1. The zero-order chi connectivity index (χ0) is 19.3. The van der Waals surface area contributed by atoms with E-state index in [2.05, 4.69) is 10.6 Å². The first-order chi connectivity index (χ1) is 12.4. The quantitative estimate of drug-likeness (QED) is 0.723. The molecule has 2 rings (SSSR count). The highest BCUT2D eigenvalue weighted by Gasteiger charge is 2.21. The number of carbonyl (C=O) groups excluding carboxylic acids is 1. The number of hydrogen-bond donors (Lipinski definition) is 2. The largest absolute Gasteiger partial charge is 0.497 e. The summed E-state index contributed by atoms with van der Waals surface area (Å²) in [6.07, 6.45) is 0.712. The third kappa shape index (κ3) is 4.54. The molecule has 140 valence electrons. The fourth-order valence-corrected chi connectivity index (χ4v) is 2.53. The standard InChI is InChI=1S/C19H21F3N2O2/c1-4-15(12-5-7-13(26-3)8-6-12)23-11(2)19(25)24-16-10-9-14(20)17(21)18(16)22/h5-11,15,23H,4H2,1-3H3,(H,24,25)/t11-,15-/m0/s1. The molecule has 7 heteroatoms. The first kappa shape index (κ1) is 19.8. The molecule has 0 bridgehead atoms. The summed E-state index contributed by atoms with van der Waals surface area (Å²) in [7, 11) is 1.58. The summed E-state index contributed by atoms with van der Waals surface area (Å²) in [4.78, 5) is 12.3. The molecule has 2 atom stereocenters. The molecular weight excluding hydrogens is 345 g/mol. The number of hydrogen-bond acceptors (Lipinski definition) is 3. The second kappa shape index (κ2) is 8.71. The molecule has 0 heterocycles. The zero-order valence-corrected chi connectivity index (χ0v) is 14.8. The maximum atomic E-state index is 13.7. The molecule has 2 aromatic rings. The number of rotatable bonds is 7. The molecule has 0 unspecified atom stereocenters. The fourth-order valence-electron chi connectivity index (χ4n) is 2.53. The SMILES string of the molecule is CC[C@H](N[C@@H](C)C(=O)Nc1ccc(F)c(F)c1F)c1ccc(OC)cc1. The van der Waals surface area contributed by atoms with Gasteiger partial charge in [0.2, 0.25) is 5.91 Å². The van der Waals surface area contributed by atoms with Crippen LogP contribution >= 0.6 is 0 Å². The fraction of sp³-hybridized carbons (Fsp3) is 0.316. The van der Waals surface area contributed by atoms with Crippen LogP contribution in [0.1, 0.15) is 31.9 Å². The summed E-state index contributed by atoms with van der Waals surface area (Å²) < 4.78 is 45.0. The molecular formula is C19H21F3N2O2. The molecule has 0 aliphatic carbocycles. The minimum Gasteiger partial charge on any atom is -0.497 e. The topological polar surface area (TPSA) is 50.4 Å². The van der Waals surface area contributed by atoms with Crippen molar-refractivity contribution in [2.24, 2.45) is 0 Å². The Kier molecular flexibility index (Phi) is 6.63. The van der Waals surface area contributed by atoms with Gasteiger partial charge >= 0.3 is 0 Å². The number of amides is 1. The van der Waals surface area contributed by atoms with E-state index in [1.807, 2.05) is 31.2 Å². The lowest BCUT2D eigenvalue weighted by Crippen LogP contribution is -2.40. The van der Waals surface area contributed by atoms with E-state index in [1.165, 1.54) is 0 Å². The summed E-state index contributed by atoms with van der Waals surface area (Å²) in [5.41, 5.74) is 0.562. The van der Waals surface area contributed by atoms with E-state index >= 15 is 0 Å². The smallest absolute Gasteiger partial charge is 0.241 e. The van der Waals surface area contributed by atoms with Crippen LogP contribution in [-0.4, -0.2) is 19.1 Å². The van der Waals surface area contributed by atoms with Gasteiger partial charge in [-0.25, -0.2) is 13.2 Å². The first-order valence-corrected chi connectivity index (χ1v) is 8.21. The summed E-state index contributed by atoms with van der Waals surface area (Å²) in [5, 5.41) is 5.42. The highest BCUT2D eigenvalue weighted by atomic mass is 19.2. The van der Waals surface area contributed by atoms with Crippen LogP contribution in [0.3, 0.4) is 0 Å². The molecule has 26 heavy (non-hydrogen) atoms. The van der Waals surface area contributed by atoms with Crippen LogP contribution in [-0.2, 0) is 4.79 Å². The highest BCUT2D eigenvalue weighted by Crippen LogP contribution is 2.22. The van der Waals surface area contributed by atoms with Crippen molar-refractivity contribution in [2.75, 3.05) is 12.4 Å². The van der Waals surface area contributed by atoms with Gasteiger partial charge in [-0.3, -0.25) is 10.1 Å². The van der Waals surface area contributed by atoms with Gasteiger partial charge in [-0.15, -0.1) is 0 Å². The Bertz CT molecular complexity index is 766. The van der Waals surface area contributed by atoms with E-state index in [9.17, 15) is 18.0 Å². The summed E-state index contributed by atoms with van der Waals surface area (Å²) >= 11 is 0. The van der Waals surface area contributed by atoms with Gasteiger partial charge in [0, 0.05) is 6.04 Å². The van der Waals surface area contributed by atoms with Gasteiger partial charge in [0.1, 0.15) is 5.75 Å². The zero-order valence-electron chi connectivity index (χ0n) is 14.8. The van der Waals surface area contributed by atoms with E-state index < -0.39 is 35.1 Å². The molecule has 0 spiro atoms. The van der Waals surface area contributed by atoms with E-state index in [-0.39, 0.29) is 6.04 Å². The first-order valence-electron chi connectivity index (χ1n) is 8.21. The Labute approximate surface area is 150 Å². The summed E-state index contributed by atoms with van der Waals surface area (Å²) in [6, 6.07) is 8.37. The molecule has 4 nitrogen and oxygen atoms in total. The Morgan fingerprint density at radius 1 is 1.08 bits per heavy atom. The molecule has 0 fully saturated rings. The molecule has 0 saturated heterocycles. The molecule has 0 radical (unpaired) electrons. The van der Waals surface area contributed by atoms with Crippen molar-refractivity contribution in [3.05, 3.63) is 59.4 Å². The van der Waals surface area contributed by atoms with Crippen molar-refractivity contribution < 1.29 is 22.7 Å². The number of methoxy groups -OCH3 is 1. The minimum atomic E-state index is -1.62. The second-order valence-corrected chi connectivity index (χ2v) is 5.83. The number of halogens is 3. The van der Waals surface area contributed by atoms with Crippen molar-refractivity contribution in [3.63, 3.8) is 0 Å². The maximum absolute atomic E-state index is 13.7. The molecule has 0 aromatic heterocycles. The van der Waals surface area contributed by atoms with Crippen LogP contribution in [0.5, 0.6) is 5.75 Å². The van der Waals surface area contributed by atoms with Gasteiger partial charge in [-0.2, -0.15) is 0 Å². The lowest BCUT2D eigenvalue weighted by atomic mass is 10.0. The number of benzene rings is 2. The van der Waals surface area contributed by atoms with Crippen LogP contribution in [0.15, 0.2) is 36.4 Å². The predicted molar refractivity (Wildman–Crippen MR) is 93.6 cm³/mol. The number of nitrogens with one attached hydrogen (secondary N) is 2. The van der Waals surface area contributed by atoms with Gasteiger partial charge in [0.25, 0.3) is 0 Å². The molecule has 0 aliphatic heterocycles. The van der Waals surface area contributed by atoms with E-state index in [1.54, 1.807) is 14.0 Å². The lowest BCUT2D eigenvalue weighted by Gasteiger charge is -2.22. The normalized spacial score (nSPS) is 13.2. The van der Waals surface area contributed by atoms with Crippen molar-refractivity contribution in [3.8, 4) is 5.75 Å². The third-order valence-electron chi connectivity index (χ3n) is 4.06. The molecule has 1 amide bonds. The highest BCUT2D eigenvalue weighted by molar-refractivity contribution is 5.94. The van der Waals surface area contributed by atoms with Crippen LogP contribution < -0.4 is 15.4 Å². The minimum absolute atomic E-state index is 0.114. The Morgan fingerprint density at radius 3 is 2.31 bits per heavy atom. The van der Waals surface area contributed by atoms with Crippen LogP contribution in [0.4, 0.5) is 18.9 Å². The van der Waals surface area contributed by atoms with Gasteiger partial charge < -0.3 is 10.1 Å². The third-order valence-corrected chi connectivity index (χ3v) is 4.06. The average molecular weight is 366 g/mol. The van der Waals surface area contributed by atoms with Crippen LogP contribution in [0.2, 0.25) is 0 Å². The van der Waals surface area contributed by atoms with Crippen molar-refractivity contribution in [1.82, 2.24) is 5.32 Å². The predicted octanol–water partition coefficient (Wildman–Crippen LogP) is 4.18. The van der Waals surface area contributed by atoms with E-state index in [4.69, 9.17) is 4.74 Å². The Hall–Kier alpha value is -2.54. The van der Waals surface area contributed by atoms with E-state index in [0.717, 1.165) is 23.4 Å². The monoisotopic (exact) mass is 366 g/mol. The second-order valence-electron chi connectivity index (χ2n) is 5.83. The van der Waals surface area contributed by atoms with Crippen LogP contribution in [0, 0.1) is 17.5 Å². The average Bonchev–Trinajstić information content (AvgIpc) is 2.66. The summed E-state index contributed by atoms with van der Waals surface area (Å²) in [5.74, 6) is -4.18. The lowest BCUT2D eigenvalue weighted by molar-refractivity contribution is -0.118. The van der Waals surface area contributed by atoms with Gasteiger partial charge in [0.15, 0.2) is 17.5 Å².